The Kier molecular flexibility index (Phi) is 3.91. The third-order valence-electron chi connectivity index (χ3n) is 2.84. The van der Waals surface area contributed by atoms with Gasteiger partial charge in [-0.3, -0.25) is 4.90 Å². The summed E-state index contributed by atoms with van der Waals surface area (Å²) in [7, 11) is 0. The molecule has 1 aromatic heterocycles. The van der Waals surface area contributed by atoms with Crippen LogP contribution in [0.15, 0.2) is 18.2 Å². The third-order valence-corrected chi connectivity index (χ3v) is 4.14. The van der Waals surface area contributed by atoms with Gasteiger partial charge in [-0.05, 0) is 26.0 Å². The second kappa shape index (κ2) is 5.25. The SMILES string of the molecule is CC1(C)CN(Cc2cccc(NN)n2)CCS1. The summed E-state index contributed by atoms with van der Waals surface area (Å²) >= 11 is 2.05. The van der Waals surface area contributed by atoms with Crippen molar-refractivity contribution in [1.29, 1.82) is 0 Å². The minimum absolute atomic E-state index is 0.349. The van der Waals surface area contributed by atoms with Crippen molar-refractivity contribution >= 4 is 17.6 Å². The van der Waals surface area contributed by atoms with Crippen molar-refractivity contribution in [1.82, 2.24) is 9.88 Å². The van der Waals surface area contributed by atoms with Crippen molar-refractivity contribution in [2.24, 2.45) is 5.84 Å². The number of hydrogen-bond donors (Lipinski definition) is 2. The van der Waals surface area contributed by atoms with Gasteiger partial charge in [-0.15, -0.1) is 0 Å². The fourth-order valence-electron chi connectivity index (χ4n) is 2.13. The van der Waals surface area contributed by atoms with Crippen molar-refractivity contribution in [3.8, 4) is 0 Å². The standard InChI is InChI=1S/C12H20N4S/c1-12(2)9-16(6-7-17-12)8-10-4-3-5-11(14-10)15-13/h3-5H,6-9,13H2,1-2H3,(H,14,15). The largest absolute Gasteiger partial charge is 0.308 e. The number of nitrogens with one attached hydrogen (secondary N) is 1. The summed E-state index contributed by atoms with van der Waals surface area (Å²) in [5.74, 6) is 7.29. The number of hydrogen-bond acceptors (Lipinski definition) is 5. The summed E-state index contributed by atoms with van der Waals surface area (Å²) in [6.45, 7) is 7.75. The molecule has 0 aromatic carbocycles. The number of aromatic nitrogens is 1. The van der Waals surface area contributed by atoms with E-state index in [2.05, 4.69) is 35.2 Å². The highest BCUT2D eigenvalue weighted by atomic mass is 32.2. The van der Waals surface area contributed by atoms with E-state index in [1.165, 1.54) is 5.75 Å². The molecule has 17 heavy (non-hydrogen) atoms. The van der Waals surface area contributed by atoms with Gasteiger partial charge in [0.1, 0.15) is 5.82 Å². The van der Waals surface area contributed by atoms with Crippen LogP contribution >= 0.6 is 11.8 Å². The fraction of sp³-hybridized carbons (Fsp3) is 0.583. The van der Waals surface area contributed by atoms with E-state index < -0.39 is 0 Å². The van der Waals surface area contributed by atoms with Crippen molar-refractivity contribution in [2.75, 3.05) is 24.3 Å². The van der Waals surface area contributed by atoms with E-state index >= 15 is 0 Å². The van der Waals surface area contributed by atoms with E-state index in [-0.39, 0.29) is 0 Å². The number of rotatable bonds is 3. The molecule has 2 rings (SSSR count). The zero-order valence-corrected chi connectivity index (χ0v) is 11.3. The first-order chi connectivity index (χ1) is 8.09. The van der Waals surface area contributed by atoms with Gasteiger partial charge in [0, 0.05) is 30.1 Å². The van der Waals surface area contributed by atoms with E-state index in [0.29, 0.717) is 4.75 Å². The molecule has 5 heteroatoms. The minimum Gasteiger partial charge on any atom is -0.308 e. The molecule has 0 spiro atoms. The molecular weight excluding hydrogens is 232 g/mol. The number of hydrazine groups is 1. The molecule has 0 saturated carbocycles. The van der Waals surface area contributed by atoms with Crippen LogP contribution in [0.1, 0.15) is 19.5 Å². The molecule has 1 aromatic rings. The molecule has 0 unspecified atom stereocenters. The second-order valence-corrected chi connectivity index (χ2v) is 6.78. The lowest BCUT2D eigenvalue weighted by atomic mass is 10.2. The number of nitrogen functional groups attached to an aromatic ring is 1. The summed E-state index contributed by atoms with van der Waals surface area (Å²) in [4.78, 5) is 6.91. The predicted molar refractivity (Wildman–Crippen MR) is 73.9 cm³/mol. The number of nitrogens with two attached hydrogens (primary N) is 1. The number of nitrogens with zero attached hydrogens (tertiary/aromatic N) is 2. The van der Waals surface area contributed by atoms with Gasteiger partial charge in [0.05, 0.1) is 5.69 Å². The molecule has 3 N–H and O–H groups in total. The van der Waals surface area contributed by atoms with Crippen molar-refractivity contribution in [3.63, 3.8) is 0 Å². The van der Waals surface area contributed by atoms with Gasteiger partial charge in [-0.2, -0.15) is 11.8 Å². The number of thioether (sulfide) groups is 1. The zero-order chi connectivity index (χ0) is 12.3. The Morgan fingerprint density at radius 1 is 1.53 bits per heavy atom. The average molecular weight is 252 g/mol. The van der Waals surface area contributed by atoms with Gasteiger partial charge in [-0.1, -0.05) is 6.07 Å². The molecule has 1 aliphatic rings. The first kappa shape index (κ1) is 12.7. The summed E-state index contributed by atoms with van der Waals surface area (Å²) in [6, 6.07) is 5.91. The van der Waals surface area contributed by atoms with Gasteiger partial charge in [0.25, 0.3) is 0 Å². The Hall–Kier alpha value is -0.780. The average Bonchev–Trinajstić information content (AvgIpc) is 2.28. The fourth-order valence-corrected chi connectivity index (χ4v) is 3.30. The normalized spacial score (nSPS) is 20.2. The first-order valence-corrected chi connectivity index (χ1v) is 6.86. The predicted octanol–water partition coefficient (Wildman–Crippen LogP) is 1.69. The lowest BCUT2D eigenvalue weighted by Crippen LogP contribution is -2.42. The van der Waals surface area contributed by atoms with Gasteiger partial charge in [-0.25, -0.2) is 10.8 Å². The minimum atomic E-state index is 0.349. The Morgan fingerprint density at radius 2 is 2.35 bits per heavy atom. The maximum atomic E-state index is 5.37. The topological polar surface area (TPSA) is 54.2 Å². The summed E-state index contributed by atoms with van der Waals surface area (Å²) < 4.78 is 0.349. The number of pyridine rings is 1. The monoisotopic (exact) mass is 252 g/mol. The van der Waals surface area contributed by atoms with Crippen LogP contribution in [0.3, 0.4) is 0 Å². The molecule has 0 atom stereocenters. The maximum absolute atomic E-state index is 5.37. The third kappa shape index (κ3) is 3.59. The summed E-state index contributed by atoms with van der Waals surface area (Å²) in [5.41, 5.74) is 3.66. The lowest BCUT2D eigenvalue weighted by molar-refractivity contribution is 0.250. The van der Waals surface area contributed by atoms with Crippen LogP contribution in [0.4, 0.5) is 5.82 Å². The van der Waals surface area contributed by atoms with Crippen LogP contribution < -0.4 is 11.3 Å². The molecule has 1 fully saturated rings. The Balaban J connectivity index is 2.00. The van der Waals surface area contributed by atoms with Crippen LogP contribution in [-0.2, 0) is 6.54 Å². The molecule has 1 aliphatic heterocycles. The first-order valence-electron chi connectivity index (χ1n) is 5.88. The van der Waals surface area contributed by atoms with Crippen molar-refractivity contribution < 1.29 is 0 Å². The summed E-state index contributed by atoms with van der Waals surface area (Å²) in [5, 5.41) is 0. The highest BCUT2D eigenvalue weighted by Gasteiger charge is 2.26. The highest BCUT2D eigenvalue weighted by molar-refractivity contribution is 8.00. The van der Waals surface area contributed by atoms with Crippen LogP contribution in [-0.4, -0.2) is 33.5 Å². The molecular formula is C12H20N4S. The quantitative estimate of drug-likeness (QED) is 0.633. The molecule has 1 saturated heterocycles. The van der Waals surface area contributed by atoms with E-state index in [1.54, 1.807) is 0 Å². The highest BCUT2D eigenvalue weighted by Crippen LogP contribution is 2.29. The van der Waals surface area contributed by atoms with Gasteiger partial charge in [0.2, 0.25) is 0 Å². The Morgan fingerprint density at radius 3 is 3.06 bits per heavy atom. The van der Waals surface area contributed by atoms with E-state index in [1.807, 2.05) is 23.9 Å². The molecule has 4 nitrogen and oxygen atoms in total. The molecule has 2 heterocycles. The lowest BCUT2D eigenvalue weighted by Gasteiger charge is -2.37. The van der Waals surface area contributed by atoms with Gasteiger partial charge >= 0.3 is 0 Å². The van der Waals surface area contributed by atoms with Gasteiger partial charge in [0.15, 0.2) is 0 Å². The van der Waals surface area contributed by atoms with E-state index in [4.69, 9.17) is 5.84 Å². The smallest absolute Gasteiger partial charge is 0.140 e. The molecule has 0 bridgehead atoms. The van der Waals surface area contributed by atoms with Crippen LogP contribution in [0.2, 0.25) is 0 Å². The van der Waals surface area contributed by atoms with Crippen LogP contribution in [0.5, 0.6) is 0 Å². The number of anilines is 1. The van der Waals surface area contributed by atoms with Crippen LogP contribution in [0, 0.1) is 0 Å². The second-order valence-electron chi connectivity index (χ2n) is 4.98. The maximum Gasteiger partial charge on any atom is 0.140 e. The summed E-state index contributed by atoms with van der Waals surface area (Å²) in [6.07, 6.45) is 0. The molecule has 94 valence electrons. The van der Waals surface area contributed by atoms with Crippen LogP contribution in [0.25, 0.3) is 0 Å². The Labute approximate surface area is 107 Å². The Bertz CT molecular complexity index is 381. The van der Waals surface area contributed by atoms with E-state index in [9.17, 15) is 0 Å². The molecule has 0 amide bonds. The molecule has 0 aliphatic carbocycles. The van der Waals surface area contributed by atoms with Gasteiger partial charge < -0.3 is 5.43 Å². The van der Waals surface area contributed by atoms with E-state index in [0.717, 1.165) is 31.1 Å². The van der Waals surface area contributed by atoms with Crippen molar-refractivity contribution in [3.05, 3.63) is 23.9 Å². The van der Waals surface area contributed by atoms with Crippen molar-refractivity contribution in [2.45, 2.75) is 25.1 Å². The zero-order valence-electron chi connectivity index (χ0n) is 10.4. The molecule has 0 radical (unpaired) electrons.